The Balaban J connectivity index is 1.58. The fourth-order valence-corrected chi connectivity index (χ4v) is 3.10. The van der Waals surface area contributed by atoms with Crippen LogP contribution in [0.25, 0.3) is 0 Å². The Morgan fingerprint density at radius 1 is 1.10 bits per heavy atom. The van der Waals surface area contributed by atoms with Crippen LogP contribution in [0.2, 0.25) is 10.0 Å². The molecule has 0 saturated heterocycles. The second-order valence-electron chi connectivity index (χ2n) is 5.35. The van der Waals surface area contributed by atoms with Gasteiger partial charge in [-0.05, 0) is 41.7 Å². The first kappa shape index (κ1) is 14.4. The van der Waals surface area contributed by atoms with Gasteiger partial charge in [0.15, 0.2) is 0 Å². The van der Waals surface area contributed by atoms with Crippen molar-refractivity contribution >= 4 is 29.1 Å². The highest BCUT2D eigenvalue weighted by atomic mass is 35.5. The molecule has 1 fully saturated rings. The summed E-state index contributed by atoms with van der Waals surface area (Å²) in [6, 6.07) is 15.4. The highest BCUT2D eigenvalue weighted by molar-refractivity contribution is 6.34. The molecule has 3 rings (SSSR count). The molecule has 0 bridgehead atoms. The fraction of sp³-hybridized carbons (Fsp3) is 0.235. The van der Waals surface area contributed by atoms with Crippen LogP contribution in [0, 0.1) is 5.92 Å². The van der Waals surface area contributed by atoms with Crippen molar-refractivity contribution < 1.29 is 4.79 Å². The van der Waals surface area contributed by atoms with Crippen LogP contribution in [0.3, 0.4) is 0 Å². The molecule has 1 amide bonds. The predicted molar refractivity (Wildman–Crippen MR) is 85.6 cm³/mol. The summed E-state index contributed by atoms with van der Waals surface area (Å²) in [7, 11) is 0. The van der Waals surface area contributed by atoms with Crippen LogP contribution < -0.4 is 5.32 Å². The van der Waals surface area contributed by atoms with E-state index in [1.54, 1.807) is 6.07 Å². The summed E-state index contributed by atoms with van der Waals surface area (Å²) in [6.07, 6.45) is 0.858. The second-order valence-corrected chi connectivity index (χ2v) is 6.23. The molecule has 108 valence electrons. The normalized spacial score (nSPS) is 20.1. The number of nitrogens with one attached hydrogen (secondary N) is 1. The van der Waals surface area contributed by atoms with Gasteiger partial charge in [0.25, 0.3) is 0 Å². The molecule has 0 radical (unpaired) electrons. The summed E-state index contributed by atoms with van der Waals surface area (Å²) < 4.78 is 0. The number of rotatable bonds is 4. The molecule has 1 N–H and O–H groups in total. The monoisotopic (exact) mass is 319 g/mol. The van der Waals surface area contributed by atoms with Crippen LogP contribution >= 0.6 is 23.2 Å². The van der Waals surface area contributed by atoms with Crippen molar-refractivity contribution in [2.45, 2.75) is 18.9 Å². The Bertz CT molecular complexity index is 637. The van der Waals surface area contributed by atoms with Gasteiger partial charge in [0.2, 0.25) is 5.91 Å². The van der Waals surface area contributed by atoms with E-state index in [2.05, 4.69) is 5.32 Å². The summed E-state index contributed by atoms with van der Waals surface area (Å²) in [5, 5.41) is 4.22. The Hall–Kier alpha value is -1.51. The topological polar surface area (TPSA) is 29.1 Å². The highest BCUT2D eigenvalue weighted by Crippen LogP contribution is 2.48. The van der Waals surface area contributed by atoms with Crippen LogP contribution in [0.1, 0.15) is 23.5 Å². The van der Waals surface area contributed by atoms with Crippen molar-refractivity contribution in [2.24, 2.45) is 5.92 Å². The van der Waals surface area contributed by atoms with Gasteiger partial charge in [0.05, 0.1) is 0 Å². The summed E-state index contributed by atoms with van der Waals surface area (Å²) in [5.74, 6) is 0.361. The molecule has 21 heavy (non-hydrogen) atoms. The molecule has 1 saturated carbocycles. The standard InChI is InChI=1S/C17H15Cl2NO/c18-13-6-12(7-14(19)8-13)15-9-16(15)17(21)20-10-11-4-2-1-3-5-11/h1-8,15-16H,9-10H2,(H,20,21)/t15-,16+/m1/s1. The van der Waals surface area contributed by atoms with E-state index in [1.807, 2.05) is 42.5 Å². The highest BCUT2D eigenvalue weighted by Gasteiger charge is 2.43. The SMILES string of the molecule is O=C(NCc1ccccc1)[C@H]1C[C@@H]1c1cc(Cl)cc(Cl)c1. The Kier molecular flexibility index (Phi) is 4.18. The molecule has 0 aliphatic heterocycles. The van der Waals surface area contributed by atoms with Crippen molar-refractivity contribution in [3.8, 4) is 0 Å². The van der Waals surface area contributed by atoms with E-state index in [9.17, 15) is 4.79 Å². The Morgan fingerprint density at radius 3 is 2.43 bits per heavy atom. The van der Waals surface area contributed by atoms with Crippen LogP contribution in [0.4, 0.5) is 0 Å². The van der Waals surface area contributed by atoms with Crippen molar-refractivity contribution in [3.05, 3.63) is 69.7 Å². The Morgan fingerprint density at radius 2 is 1.76 bits per heavy atom. The second kappa shape index (κ2) is 6.08. The zero-order valence-corrected chi connectivity index (χ0v) is 12.9. The van der Waals surface area contributed by atoms with E-state index < -0.39 is 0 Å². The number of hydrogen-bond acceptors (Lipinski definition) is 1. The van der Waals surface area contributed by atoms with E-state index in [0.717, 1.165) is 17.5 Å². The molecule has 1 aliphatic carbocycles. The summed E-state index contributed by atoms with van der Waals surface area (Å²) in [6.45, 7) is 0.569. The van der Waals surface area contributed by atoms with Crippen LogP contribution in [-0.4, -0.2) is 5.91 Å². The number of halogens is 2. The van der Waals surface area contributed by atoms with E-state index >= 15 is 0 Å². The molecule has 2 nitrogen and oxygen atoms in total. The summed E-state index contributed by atoms with van der Waals surface area (Å²) >= 11 is 12.0. The molecule has 2 aromatic carbocycles. The average Bonchev–Trinajstić information content (AvgIpc) is 3.25. The van der Waals surface area contributed by atoms with Gasteiger partial charge in [-0.2, -0.15) is 0 Å². The van der Waals surface area contributed by atoms with Gasteiger partial charge < -0.3 is 5.32 Å². The van der Waals surface area contributed by atoms with E-state index in [-0.39, 0.29) is 17.7 Å². The minimum atomic E-state index is 0.0308. The minimum absolute atomic E-state index is 0.0308. The first-order valence-electron chi connectivity index (χ1n) is 6.91. The van der Waals surface area contributed by atoms with Gasteiger partial charge in [-0.25, -0.2) is 0 Å². The molecular weight excluding hydrogens is 305 g/mol. The van der Waals surface area contributed by atoms with Gasteiger partial charge in [0.1, 0.15) is 0 Å². The lowest BCUT2D eigenvalue weighted by Gasteiger charge is -2.06. The lowest BCUT2D eigenvalue weighted by Crippen LogP contribution is -2.24. The maximum atomic E-state index is 12.2. The number of carbonyl (C=O) groups excluding carboxylic acids is 1. The van der Waals surface area contributed by atoms with E-state index in [4.69, 9.17) is 23.2 Å². The number of amides is 1. The van der Waals surface area contributed by atoms with Gasteiger partial charge in [0, 0.05) is 22.5 Å². The molecule has 0 spiro atoms. The van der Waals surface area contributed by atoms with Crippen molar-refractivity contribution in [2.75, 3.05) is 0 Å². The third-order valence-corrected chi connectivity index (χ3v) is 4.19. The lowest BCUT2D eigenvalue weighted by molar-refractivity contribution is -0.122. The zero-order chi connectivity index (χ0) is 14.8. The smallest absolute Gasteiger partial charge is 0.224 e. The average molecular weight is 320 g/mol. The van der Waals surface area contributed by atoms with Gasteiger partial charge in [-0.3, -0.25) is 4.79 Å². The maximum Gasteiger partial charge on any atom is 0.224 e. The maximum absolute atomic E-state index is 12.2. The molecule has 0 unspecified atom stereocenters. The summed E-state index contributed by atoms with van der Waals surface area (Å²) in [4.78, 5) is 12.2. The third kappa shape index (κ3) is 3.58. The van der Waals surface area contributed by atoms with Gasteiger partial charge in [-0.1, -0.05) is 53.5 Å². The number of carbonyl (C=O) groups is 1. The molecule has 1 aliphatic rings. The quantitative estimate of drug-likeness (QED) is 0.888. The van der Waals surface area contributed by atoms with Crippen molar-refractivity contribution in [1.82, 2.24) is 5.32 Å². The molecular formula is C17H15Cl2NO. The lowest BCUT2D eigenvalue weighted by atomic mass is 10.1. The van der Waals surface area contributed by atoms with Crippen LogP contribution in [0.5, 0.6) is 0 Å². The Labute approximate surface area is 134 Å². The number of benzene rings is 2. The largest absolute Gasteiger partial charge is 0.352 e. The minimum Gasteiger partial charge on any atom is -0.352 e. The van der Waals surface area contributed by atoms with Gasteiger partial charge >= 0.3 is 0 Å². The molecule has 4 heteroatoms. The van der Waals surface area contributed by atoms with E-state index in [0.29, 0.717) is 16.6 Å². The van der Waals surface area contributed by atoms with Gasteiger partial charge in [-0.15, -0.1) is 0 Å². The number of hydrogen-bond donors (Lipinski definition) is 1. The van der Waals surface area contributed by atoms with Crippen LogP contribution in [0.15, 0.2) is 48.5 Å². The zero-order valence-electron chi connectivity index (χ0n) is 11.4. The first-order chi connectivity index (χ1) is 10.1. The van der Waals surface area contributed by atoms with Crippen molar-refractivity contribution in [3.63, 3.8) is 0 Å². The predicted octanol–water partition coefficient (Wildman–Crippen LogP) is 4.41. The van der Waals surface area contributed by atoms with E-state index in [1.165, 1.54) is 0 Å². The molecule has 2 aromatic rings. The summed E-state index contributed by atoms with van der Waals surface area (Å²) in [5.41, 5.74) is 2.15. The molecule has 2 atom stereocenters. The fourth-order valence-electron chi connectivity index (χ4n) is 2.56. The molecule has 0 aromatic heterocycles. The first-order valence-corrected chi connectivity index (χ1v) is 7.67. The van der Waals surface area contributed by atoms with Crippen LogP contribution in [-0.2, 0) is 11.3 Å². The van der Waals surface area contributed by atoms with Crippen molar-refractivity contribution in [1.29, 1.82) is 0 Å². The third-order valence-electron chi connectivity index (χ3n) is 3.75. The molecule has 0 heterocycles.